The Morgan fingerprint density at radius 1 is 1.22 bits per heavy atom. The van der Waals surface area contributed by atoms with E-state index in [4.69, 9.17) is 5.73 Å². The molecule has 18 heavy (non-hydrogen) atoms. The molecule has 102 valence electrons. The van der Waals surface area contributed by atoms with Crippen LogP contribution in [-0.4, -0.2) is 11.3 Å². The van der Waals surface area contributed by atoms with Crippen molar-refractivity contribution in [2.75, 3.05) is 0 Å². The molecular formula is C8H6F6N2O2. The Morgan fingerprint density at radius 3 is 2.17 bits per heavy atom. The highest BCUT2D eigenvalue weighted by Crippen LogP contribution is 2.34. The normalized spacial score (nSPS) is 12.6. The lowest BCUT2D eigenvalue weighted by Crippen LogP contribution is -2.27. The molecule has 10 heteroatoms. The van der Waals surface area contributed by atoms with Gasteiger partial charge < -0.3 is 15.5 Å². The Kier molecular flexibility index (Phi) is 3.60. The van der Waals surface area contributed by atoms with Gasteiger partial charge in [-0.3, -0.25) is 4.79 Å². The second kappa shape index (κ2) is 4.52. The molecule has 0 atom stereocenters. The molecule has 1 aromatic rings. The smallest absolute Gasteiger partial charge is 0.389 e. The lowest BCUT2D eigenvalue weighted by Gasteiger charge is -2.15. The van der Waals surface area contributed by atoms with Gasteiger partial charge in [0.25, 0.3) is 0 Å². The quantitative estimate of drug-likeness (QED) is 0.808. The zero-order valence-electron chi connectivity index (χ0n) is 8.45. The minimum Gasteiger partial charge on any atom is -0.389 e. The summed E-state index contributed by atoms with van der Waals surface area (Å²) in [6, 6.07) is 0.464. The van der Waals surface area contributed by atoms with Gasteiger partial charge in [-0.05, 0) is 0 Å². The van der Waals surface area contributed by atoms with Crippen LogP contribution in [0.3, 0.4) is 0 Å². The number of nitrogens with one attached hydrogen (secondary N) is 1. The fourth-order valence-electron chi connectivity index (χ4n) is 1.16. The van der Waals surface area contributed by atoms with Crippen molar-refractivity contribution in [3.63, 3.8) is 0 Å². The van der Waals surface area contributed by atoms with Gasteiger partial charge in [-0.1, -0.05) is 0 Å². The number of alkyl halides is 6. The van der Waals surface area contributed by atoms with Gasteiger partial charge in [0, 0.05) is 18.3 Å². The molecule has 0 aliphatic heterocycles. The molecule has 0 spiro atoms. The molecule has 0 bridgehead atoms. The Hall–Kier alpha value is -1.71. The van der Waals surface area contributed by atoms with Gasteiger partial charge in [0.15, 0.2) is 11.0 Å². The highest BCUT2D eigenvalue weighted by molar-refractivity contribution is 5.31. The van der Waals surface area contributed by atoms with E-state index in [1.54, 1.807) is 4.98 Å². The number of rotatable bonds is 2. The van der Waals surface area contributed by atoms with Crippen molar-refractivity contribution in [2.24, 2.45) is 5.73 Å². The average molecular weight is 276 g/mol. The average Bonchev–Trinajstić information content (AvgIpc) is 2.11. The summed E-state index contributed by atoms with van der Waals surface area (Å²) in [5, 5.41) is 0. The van der Waals surface area contributed by atoms with Crippen LogP contribution in [0.25, 0.3) is 0 Å². The number of ether oxygens (including phenoxy) is 1. The number of pyridine rings is 1. The third kappa shape index (κ3) is 3.39. The van der Waals surface area contributed by atoms with E-state index in [2.05, 4.69) is 4.74 Å². The van der Waals surface area contributed by atoms with Crippen molar-refractivity contribution in [1.29, 1.82) is 0 Å². The van der Waals surface area contributed by atoms with Crippen LogP contribution in [0, 0.1) is 0 Å². The maximum absolute atomic E-state index is 12.4. The fraction of sp³-hybridized carbons (Fsp3) is 0.375. The molecule has 4 nitrogen and oxygen atoms in total. The van der Waals surface area contributed by atoms with E-state index in [1.165, 1.54) is 0 Å². The highest BCUT2D eigenvalue weighted by atomic mass is 19.4. The Balaban J connectivity index is 3.44. The minimum absolute atomic E-state index is 0.313. The largest absolute Gasteiger partial charge is 0.574 e. The molecule has 0 aromatic carbocycles. The third-order valence-electron chi connectivity index (χ3n) is 1.77. The number of aromatic nitrogens is 1. The van der Waals surface area contributed by atoms with Crippen LogP contribution in [0.1, 0.15) is 11.3 Å². The third-order valence-corrected chi connectivity index (χ3v) is 1.77. The van der Waals surface area contributed by atoms with Gasteiger partial charge in [0.2, 0.25) is 5.88 Å². The van der Waals surface area contributed by atoms with E-state index in [-0.39, 0.29) is 5.69 Å². The van der Waals surface area contributed by atoms with Crippen molar-refractivity contribution in [3.8, 4) is 5.88 Å². The molecule has 0 saturated carbocycles. The van der Waals surface area contributed by atoms with Crippen molar-refractivity contribution in [3.05, 3.63) is 27.5 Å². The van der Waals surface area contributed by atoms with Gasteiger partial charge in [-0.2, -0.15) is 13.2 Å². The SMILES string of the molecule is NCc1cc(=O)c(C(F)(F)F)c(OC(F)(F)F)[nH]1. The second-order valence-corrected chi connectivity index (χ2v) is 3.11. The monoisotopic (exact) mass is 276 g/mol. The van der Waals surface area contributed by atoms with Crippen LogP contribution < -0.4 is 15.9 Å². The van der Waals surface area contributed by atoms with Crippen molar-refractivity contribution < 1.29 is 31.1 Å². The van der Waals surface area contributed by atoms with E-state index in [0.717, 1.165) is 0 Å². The number of hydrogen-bond donors (Lipinski definition) is 2. The molecule has 0 aliphatic carbocycles. The lowest BCUT2D eigenvalue weighted by molar-refractivity contribution is -0.278. The Labute approximate surface area is 95.4 Å². The van der Waals surface area contributed by atoms with Gasteiger partial charge >= 0.3 is 12.5 Å². The van der Waals surface area contributed by atoms with Crippen LogP contribution >= 0.6 is 0 Å². The zero-order chi connectivity index (χ0) is 14.1. The Bertz CT molecular complexity index is 490. The molecule has 0 unspecified atom stereocenters. The molecule has 0 saturated heterocycles. The molecule has 0 aliphatic rings. The van der Waals surface area contributed by atoms with Gasteiger partial charge in [0.05, 0.1) is 0 Å². The summed E-state index contributed by atoms with van der Waals surface area (Å²) >= 11 is 0. The van der Waals surface area contributed by atoms with E-state index >= 15 is 0 Å². The van der Waals surface area contributed by atoms with Crippen molar-refractivity contribution in [1.82, 2.24) is 4.98 Å². The molecule has 1 rings (SSSR count). The maximum Gasteiger partial charge on any atom is 0.574 e. The maximum atomic E-state index is 12.4. The number of H-pyrrole nitrogens is 1. The summed E-state index contributed by atoms with van der Waals surface area (Å²) < 4.78 is 76.2. The summed E-state index contributed by atoms with van der Waals surface area (Å²) in [7, 11) is 0. The molecule has 3 N–H and O–H groups in total. The van der Waals surface area contributed by atoms with Crippen LogP contribution in [-0.2, 0) is 12.7 Å². The van der Waals surface area contributed by atoms with E-state index in [0.29, 0.717) is 6.07 Å². The summed E-state index contributed by atoms with van der Waals surface area (Å²) in [6.45, 7) is -0.443. The first-order valence-electron chi connectivity index (χ1n) is 4.34. The van der Waals surface area contributed by atoms with Crippen LogP contribution in [0.4, 0.5) is 26.3 Å². The van der Waals surface area contributed by atoms with Gasteiger partial charge in [-0.15, -0.1) is 13.2 Å². The summed E-state index contributed by atoms with van der Waals surface area (Å²) in [5.74, 6) is -1.72. The summed E-state index contributed by atoms with van der Waals surface area (Å²) in [4.78, 5) is 12.8. The first-order valence-corrected chi connectivity index (χ1v) is 4.34. The van der Waals surface area contributed by atoms with Gasteiger partial charge in [-0.25, -0.2) is 0 Å². The molecule has 1 heterocycles. The molecule has 0 fully saturated rings. The van der Waals surface area contributed by atoms with E-state index in [9.17, 15) is 31.1 Å². The molecule has 1 aromatic heterocycles. The second-order valence-electron chi connectivity index (χ2n) is 3.11. The predicted octanol–water partition coefficient (Wildman–Crippen LogP) is 1.75. The molecular weight excluding hydrogens is 270 g/mol. The highest BCUT2D eigenvalue weighted by Gasteiger charge is 2.42. The summed E-state index contributed by atoms with van der Waals surface area (Å²) in [6.07, 6.45) is -10.6. The van der Waals surface area contributed by atoms with E-state index in [1.807, 2.05) is 0 Å². The molecule has 0 amide bonds. The number of nitrogens with two attached hydrogens (primary N) is 1. The first kappa shape index (κ1) is 14.4. The van der Waals surface area contributed by atoms with Gasteiger partial charge in [0.1, 0.15) is 0 Å². The summed E-state index contributed by atoms with van der Waals surface area (Å²) in [5.41, 5.74) is 0.999. The topological polar surface area (TPSA) is 68.1 Å². The lowest BCUT2D eigenvalue weighted by atomic mass is 10.2. The fourth-order valence-corrected chi connectivity index (χ4v) is 1.16. The number of aromatic amines is 1. The van der Waals surface area contributed by atoms with Crippen molar-refractivity contribution >= 4 is 0 Å². The van der Waals surface area contributed by atoms with Crippen LogP contribution in [0.2, 0.25) is 0 Å². The number of halogens is 6. The Morgan fingerprint density at radius 2 is 1.78 bits per heavy atom. The zero-order valence-corrected chi connectivity index (χ0v) is 8.45. The van der Waals surface area contributed by atoms with Crippen molar-refractivity contribution in [2.45, 2.75) is 19.1 Å². The standard InChI is InChI=1S/C8H6F6N2O2/c9-7(10,11)5-4(17)1-3(2-15)16-6(5)18-8(12,13)14/h1H,2,15H2,(H,16,17). The van der Waals surface area contributed by atoms with Crippen LogP contribution in [0.15, 0.2) is 10.9 Å². The minimum atomic E-state index is -5.36. The van der Waals surface area contributed by atoms with Crippen LogP contribution in [0.5, 0.6) is 5.88 Å². The number of hydrogen-bond acceptors (Lipinski definition) is 3. The first-order chi connectivity index (χ1) is 8.04. The van der Waals surface area contributed by atoms with E-state index < -0.39 is 36.0 Å². The molecule has 0 radical (unpaired) electrons. The predicted molar refractivity (Wildman–Crippen MR) is 46.6 cm³/mol.